The maximum absolute atomic E-state index is 13.5. The number of hydrogen-bond acceptors (Lipinski definition) is 6. The average Bonchev–Trinajstić information content (AvgIpc) is 2.72. The Bertz CT molecular complexity index is 1410. The van der Waals surface area contributed by atoms with E-state index in [2.05, 4.69) is 50.2 Å². The van der Waals surface area contributed by atoms with Gasteiger partial charge >= 0.3 is 23.5 Å². The first-order valence-corrected chi connectivity index (χ1v) is 18.5. The highest BCUT2D eigenvalue weighted by Gasteiger charge is 2.48. The van der Waals surface area contributed by atoms with E-state index in [0.29, 0.717) is 11.1 Å². The lowest BCUT2D eigenvalue weighted by Gasteiger charge is -2.40. The van der Waals surface area contributed by atoms with Crippen molar-refractivity contribution >= 4 is 23.5 Å². The fraction of sp³-hybridized carbons (Fsp3) is 0.600. The minimum atomic E-state index is -5.75. The Morgan fingerprint density at radius 2 is 0.837 bits per heavy atom. The SMILES string of the molecule is CC(C)(C)c1ccc(C(C)(OP(=O)(O)OP(=O)(O)OP(=O)(O)O)c2ccc(C(C)(C)C)cc2C(C)(C)C)c(C(C)(C)C)c1. The molecule has 0 amide bonds. The van der Waals surface area contributed by atoms with Gasteiger partial charge in [-0.15, -0.1) is 0 Å². The van der Waals surface area contributed by atoms with E-state index in [1.807, 2.05) is 77.9 Å². The van der Waals surface area contributed by atoms with Gasteiger partial charge in [0.15, 0.2) is 0 Å². The highest BCUT2D eigenvalue weighted by atomic mass is 31.3. The van der Waals surface area contributed by atoms with Gasteiger partial charge in [-0.2, -0.15) is 8.62 Å². The van der Waals surface area contributed by atoms with E-state index in [9.17, 15) is 23.5 Å². The van der Waals surface area contributed by atoms with Crippen molar-refractivity contribution in [1.82, 2.24) is 0 Å². The standard InChI is InChI=1S/C30H49O10P3/c1-26(2,3)20-14-16-22(24(18-20)28(7,8)9)30(13,38-42(34,35)40-43(36,37)39-41(31,32)33)23-17-15-21(27(4,5)6)19-25(23)29(10,11)12/h14-19H,1-13H3,(H,34,35)(H,36,37)(H2,31,32,33). The second-order valence-electron chi connectivity index (χ2n) is 15.2. The second-order valence-corrected chi connectivity index (χ2v) is 19.6. The Labute approximate surface area is 256 Å². The minimum absolute atomic E-state index is 0.223. The number of phosphoric ester groups is 1. The maximum atomic E-state index is 13.5. The third kappa shape index (κ3) is 9.92. The van der Waals surface area contributed by atoms with Crippen molar-refractivity contribution in [2.45, 2.75) is 117 Å². The van der Waals surface area contributed by atoms with Crippen molar-refractivity contribution in [3.63, 3.8) is 0 Å². The molecule has 0 aromatic heterocycles. The van der Waals surface area contributed by atoms with E-state index in [-0.39, 0.29) is 10.8 Å². The van der Waals surface area contributed by atoms with Crippen molar-refractivity contribution in [1.29, 1.82) is 0 Å². The summed E-state index contributed by atoms with van der Waals surface area (Å²) in [6.45, 7) is 26.0. The van der Waals surface area contributed by atoms with Crippen molar-refractivity contribution < 1.29 is 46.4 Å². The Morgan fingerprint density at radius 3 is 1.12 bits per heavy atom. The van der Waals surface area contributed by atoms with Gasteiger partial charge in [0.2, 0.25) is 0 Å². The van der Waals surface area contributed by atoms with Gasteiger partial charge in [0.05, 0.1) is 0 Å². The van der Waals surface area contributed by atoms with Gasteiger partial charge in [-0.25, -0.2) is 13.7 Å². The van der Waals surface area contributed by atoms with Crippen LogP contribution in [-0.2, 0) is 54.1 Å². The average molecular weight is 663 g/mol. The molecule has 0 aliphatic rings. The number of benzene rings is 2. The van der Waals surface area contributed by atoms with Crippen LogP contribution in [0.15, 0.2) is 36.4 Å². The lowest BCUT2D eigenvalue weighted by Crippen LogP contribution is -2.34. The molecular weight excluding hydrogens is 613 g/mol. The van der Waals surface area contributed by atoms with Crippen LogP contribution in [0, 0.1) is 0 Å². The Hall–Kier alpha value is -1.15. The molecule has 2 aromatic rings. The molecule has 0 saturated heterocycles. The van der Waals surface area contributed by atoms with Gasteiger partial charge in [-0.05, 0) is 62.0 Å². The lowest BCUT2D eigenvalue weighted by molar-refractivity contribution is 0.0755. The minimum Gasteiger partial charge on any atom is -0.302 e. The first-order chi connectivity index (χ1) is 18.8. The Kier molecular flexibility index (Phi) is 10.5. The zero-order valence-corrected chi connectivity index (χ0v) is 30.2. The molecule has 0 heterocycles. The molecule has 2 aromatic carbocycles. The van der Waals surface area contributed by atoms with E-state index >= 15 is 0 Å². The highest BCUT2D eigenvalue weighted by molar-refractivity contribution is 7.66. The molecule has 43 heavy (non-hydrogen) atoms. The molecule has 2 unspecified atom stereocenters. The molecular formula is C30H49O10P3. The van der Waals surface area contributed by atoms with Gasteiger partial charge in [0, 0.05) is 0 Å². The molecule has 0 fully saturated rings. The van der Waals surface area contributed by atoms with Gasteiger partial charge in [-0.3, -0.25) is 4.52 Å². The molecule has 0 radical (unpaired) electrons. The lowest BCUT2D eigenvalue weighted by atomic mass is 9.70. The molecule has 13 heteroatoms. The van der Waals surface area contributed by atoms with E-state index in [1.165, 1.54) is 0 Å². The quantitative estimate of drug-likeness (QED) is 0.202. The molecule has 0 aliphatic heterocycles. The molecule has 0 aliphatic carbocycles. The van der Waals surface area contributed by atoms with Crippen LogP contribution >= 0.6 is 23.5 Å². The molecule has 2 atom stereocenters. The third-order valence-corrected chi connectivity index (χ3v) is 11.1. The summed E-state index contributed by atoms with van der Waals surface area (Å²) < 4.78 is 51.2. The maximum Gasteiger partial charge on any atom is 0.490 e. The third-order valence-electron chi connectivity index (χ3n) is 7.13. The van der Waals surface area contributed by atoms with Gasteiger partial charge in [0.1, 0.15) is 5.60 Å². The van der Waals surface area contributed by atoms with Crippen molar-refractivity contribution in [3.05, 3.63) is 69.8 Å². The van der Waals surface area contributed by atoms with Crippen LogP contribution in [0.5, 0.6) is 0 Å². The molecule has 0 bridgehead atoms. The largest absolute Gasteiger partial charge is 0.490 e. The van der Waals surface area contributed by atoms with E-state index in [0.717, 1.165) is 22.3 Å². The number of rotatable bonds is 8. The molecule has 4 N–H and O–H groups in total. The molecule has 2 rings (SSSR count). The smallest absolute Gasteiger partial charge is 0.302 e. The zero-order chi connectivity index (χ0) is 33.8. The van der Waals surface area contributed by atoms with Crippen LogP contribution in [0.2, 0.25) is 0 Å². The summed E-state index contributed by atoms with van der Waals surface area (Å²) in [5.74, 6) is 0. The van der Waals surface area contributed by atoms with Crippen LogP contribution in [0.4, 0.5) is 0 Å². The fourth-order valence-corrected chi connectivity index (χ4v) is 8.16. The summed E-state index contributed by atoms with van der Waals surface area (Å²) in [6, 6.07) is 11.5. The Balaban J connectivity index is 3.04. The van der Waals surface area contributed by atoms with Crippen LogP contribution in [0.25, 0.3) is 0 Å². The normalized spacial score (nSPS) is 17.0. The first kappa shape index (κ1) is 38.0. The summed E-state index contributed by atoms with van der Waals surface area (Å²) in [6.07, 6.45) is 0. The topological polar surface area (TPSA) is 160 Å². The summed E-state index contributed by atoms with van der Waals surface area (Å²) in [4.78, 5) is 38.9. The van der Waals surface area contributed by atoms with E-state index < -0.39 is 39.9 Å². The number of phosphoric acid groups is 3. The predicted molar refractivity (Wildman–Crippen MR) is 169 cm³/mol. The van der Waals surface area contributed by atoms with Gasteiger partial charge in [0.25, 0.3) is 0 Å². The summed E-state index contributed by atoms with van der Waals surface area (Å²) >= 11 is 0. The van der Waals surface area contributed by atoms with Crippen molar-refractivity contribution in [2.24, 2.45) is 0 Å². The van der Waals surface area contributed by atoms with Crippen LogP contribution in [0.3, 0.4) is 0 Å². The summed E-state index contributed by atoms with van der Waals surface area (Å²) in [5.41, 5.74) is 1.41. The van der Waals surface area contributed by atoms with E-state index in [4.69, 9.17) is 14.3 Å². The zero-order valence-electron chi connectivity index (χ0n) is 27.5. The monoisotopic (exact) mass is 662 g/mol. The van der Waals surface area contributed by atoms with Gasteiger partial charge in [-0.1, -0.05) is 119 Å². The molecule has 0 saturated carbocycles. The van der Waals surface area contributed by atoms with E-state index in [1.54, 1.807) is 6.92 Å². The van der Waals surface area contributed by atoms with Gasteiger partial charge < -0.3 is 19.6 Å². The van der Waals surface area contributed by atoms with Crippen molar-refractivity contribution in [2.75, 3.05) is 0 Å². The predicted octanol–water partition coefficient (Wildman–Crippen LogP) is 8.48. The molecule has 244 valence electrons. The fourth-order valence-electron chi connectivity index (χ4n) is 4.87. The second kappa shape index (κ2) is 11.9. The first-order valence-electron chi connectivity index (χ1n) is 13.9. The summed E-state index contributed by atoms with van der Waals surface area (Å²) in [5, 5.41) is 0. The molecule has 0 spiro atoms. The summed E-state index contributed by atoms with van der Waals surface area (Å²) in [7, 11) is -16.9. The Morgan fingerprint density at radius 1 is 0.488 bits per heavy atom. The highest BCUT2D eigenvalue weighted by Crippen LogP contribution is 2.68. The van der Waals surface area contributed by atoms with Crippen molar-refractivity contribution in [3.8, 4) is 0 Å². The van der Waals surface area contributed by atoms with Crippen LogP contribution in [-0.4, -0.2) is 19.6 Å². The van der Waals surface area contributed by atoms with Crippen LogP contribution in [0.1, 0.15) is 123 Å². The molecule has 10 nitrogen and oxygen atoms in total. The number of hydrogen-bond donors (Lipinski definition) is 4. The van der Waals surface area contributed by atoms with Crippen LogP contribution < -0.4 is 0 Å².